The Morgan fingerprint density at radius 3 is 2.63 bits per heavy atom. The summed E-state index contributed by atoms with van der Waals surface area (Å²) in [5, 5.41) is 0. The summed E-state index contributed by atoms with van der Waals surface area (Å²) in [5.41, 5.74) is 8.30. The van der Waals surface area contributed by atoms with E-state index in [0.717, 1.165) is 31.9 Å². The summed E-state index contributed by atoms with van der Waals surface area (Å²) < 4.78 is 0. The first-order valence-corrected chi connectivity index (χ1v) is 7.32. The molecule has 3 heteroatoms. The second-order valence-electron chi connectivity index (χ2n) is 6.11. The van der Waals surface area contributed by atoms with Crippen LogP contribution >= 0.6 is 0 Å². The maximum absolute atomic E-state index is 5.77. The third kappa shape index (κ3) is 6.17. The van der Waals surface area contributed by atoms with Crippen molar-refractivity contribution in [3.8, 4) is 0 Å². The molecule has 1 rings (SSSR count). The van der Waals surface area contributed by atoms with Crippen LogP contribution in [0, 0.1) is 12.3 Å². The molecule has 19 heavy (non-hydrogen) atoms. The Hall–Kier alpha value is -0.930. The Bertz CT molecular complexity index is 374. The molecule has 1 heterocycles. The minimum Gasteiger partial charge on any atom is -0.330 e. The van der Waals surface area contributed by atoms with Crippen LogP contribution in [0.1, 0.15) is 45.0 Å². The molecular weight excluding hydrogens is 234 g/mol. The van der Waals surface area contributed by atoms with Crippen molar-refractivity contribution in [1.29, 1.82) is 0 Å². The number of hydrogen-bond acceptors (Lipinski definition) is 3. The van der Waals surface area contributed by atoms with Crippen LogP contribution in [0.2, 0.25) is 0 Å². The fourth-order valence-corrected chi connectivity index (χ4v) is 2.15. The highest BCUT2D eigenvalue weighted by molar-refractivity contribution is 5.09. The third-order valence-electron chi connectivity index (χ3n) is 3.66. The van der Waals surface area contributed by atoms with Gasteiger partial charge in [0.2, 0.25) is 0 Å². The highest BCUT2D eigenvalue weighted by Gasteiger charge is 2.15. The van der Waals surface area contributed by atoms with Crippen LogP contribution in [0.4, 0.5) is 0 Å². The van der Waals surface area contributed by atoms with Gasteiger partial charge in [-0.2, -0.15) is 0 Å². The number of nitrogens with zero attached hydrogens (tertiary/aromatic N) is 2. The molecule has 0 atom stereocenters. The fraction of sp³-hybridized carbons (Fsp3) is 0.688. The van der Waals surface area contributed by atoms with Crippen LogP contribution in [0.3, 0.4) is 0 Å². The molecule has 0 amide bonds. The summed E-state index contributed by atoms with van der Waals surface area (Å²) >= 11 is 0. The van der Waals surface area contributed by atoms with E-state index in [-0.39, 0.29) is 5.41 Å². The van der Waals surface area contributed by atoms with Crippen molar-refractivity contribution in [1.82, 2.24) is 9.88 Å². The molecule has 1 aromatic rings. The molecule has 0 fully saturated rings. The summed E-state index contributed by atoms with van der Waals surface area (Å²) in [7, 11) is 0. The molecule has 1 aromatic heterocycles. The zero-order valence-corrected chi connectivity index (χ0v) is 12.9. The molecule has 2 N–H and O–H groups in total. The van der Waals surface area contributed by atoms with Gasteiger partial charge in [0, 0.05) is 12.2 Å². The maximum Gasteiger partial charge on any atom is 0.0547 e. The van der Waals surface area contributed by atoms with Gasteiger partial charge >= 0.3 is 0 Å². The minimum atomic E-state index is 0.265. The predicted molar refractivity (Wildman–Crippen MR) is 82.0 cm³/mol. The van der Waals surface area contributed by atoms with Gasteiger partial charge in [-0.3, -0.25) is 9.88 Å². The van der Waals surface area contributed by atoms with E-state index in [9.17, 15) is 0 Å². The molecule has 0 radical (unpaired) electrons. The molecule has 0 unspecified atom stereocenters. The second-order valence-corrected chi connectivity index (χ2v) is 6.11. The molecule has 0 bridgehead atoms. The Balaban J connectivity index is 2.42. The van der Waals surface area contributed by atoms with Crippen molar-refractivity contribution < 1.29 is 0 Å². The average Bonchev–Trinajstić information content (AvgIpc) is 2.37. The summed E-state index contributed by atoms with van der Waals surface area (Å²) in [5.74, 6) is 0. The molecular formula is C16H29N3. The zero-order chi connectivity index (χ0) is 14.3. The maximum atomic E-state index is 5.77. The lowest BCUT2D eigenvalue weighted by molar-refractivity contribution is 0.244. The smallest absolute Gasteiger partial charge is 0.0547 e. The van der Waals surface area contributed by atoms with E-state index in [1.54, 1.807) is 0 Å². The highest BCUT2D eigenvalue weighted by Crippen LogP contribution is 2.20. The second kappa shape index (κ2) is 7.61. The number of hydrogen-bond donors (Lipinski definition) is 1. The number of aromatic nitrogens is 1. The topological polar surface area (TPSA) is 42.1 Å². The lowest BCUT2D eigenvalue weighted by Gasteiger charge is -2.25. The SMILES string of the molecule is CCN(CCCC(C)(C)CN)Cc1cccc(C)n1. The molecule has 108 valence electrons. The molecule has 0 aliphatic heterocycles. The number of nitrogens with two attached hydrogens (primary N) is 1. The molecule has 3 nitrogen and oxygen atoms in total. The number of rotatable bonds is 8. The van der Waals surface area contributed by atoms with Crippen molar-refractivity contribution in [2.75, 3.05) is 19.6 Å². The molecule has 0 saturated carbocycles. The molecule has 0 aliphatic carbocycles. The van der Waals surface area contributed by atoms with Crippen LogP contribution < -0.4 is 5.73 Å². The van der Waals surface area contributed by atoms with Crippen molar-refractivity contribution in [3.05, 3.63) is 29.6 Å². The van der Waals surface area contributed by atoms with Gasteiger partial charge in [-0.1, -0.05) is 26.8 Å². The molecule has 0 saturated heterocycles. The lowest BCUT2D eigenvalue weighted by atomic mass is 9.88. The predicted octanol–water partition coefficient (Wildman–Crippen LogP) is 2.98. The van der Waals surface area contributed by atoms with Gasteiger partial charge in [0.25, 0.3) is 0 Å². The van der Waals surface area contributed by atoms with E-state index < -0.39 is 0 Å². The highest BCUT2D eigenvalue weighted by atomic mass is 15.1. The van der Waals surface area contributed by atoms with E-state index in [1.165, 1.54) is 18.5 Å². The summed E-state index contributed by atoms with van der Waals surface area (Å²) in [4.78, 5) is 7.03. The van der Waals surface area contributed by atoms with E-state index in [2.05, 4.69) is 42.8 Å². The van der Waals surface area contributed by atoms with E-state index >= 15 is 0 Å². The Labute approximate surface area is 118 Å². The first-order valence-electron chi connectivity index (χ1n) is 7.32. The van der Waals surface area contributed by atoms with E-state index in [0.29, 0.717) is 0 Å². The largest absolute Gasteiger partial charge is 0.330 e. The van der Waals surface area contributed by atoms with Crippen LogP contribution in [-0.2, 0) is 6.54 Å². The number of pyridine rings is 1. The third-order valence-corrected chi connectivity index (χ3v) is 3.66. The normalized spacial score (nSPS) is 12.1. The zero-order valence-electron chi connectivity index (χ0n) is 12.9. The van der Waals surface area contributed by atoms with Crippen molar-refractivity contribution in [3.63, 3.8) is 0 Å². The van der Waals surface area contributed by atoms with Crippen molar-refractivity contribution in [2.24, 2.45) is 11.1 Å². The summed E-state index contributed by atoms with van der Waals surface area (Å²) in [6.07, 6.45) is 2.38. The Kier molecular flexibility index (Phi) is 6.46. The molecule has 0 spiro atoms. The van der Waals surface area contributed by atoms with Gasteiger partial charge in [-0.05, 0) is 56.9 Å². The van der Waals surface area contributed by atoms with Gasteiger partial charge < -0.3 is 5.73 Å². The van der Waals surface area contributed by atoms with Gasteiger partial charge in [-0.15, -0.1) is 0 Å². The summed E-state index contributed by atoms with van der Waals surface area (Å²) in [6.45, 7) is 12.6. The number of aryl methyl sites for hydroxylation is 1. The van der Waals surface area contributed by atoms with Gasteiger partial charge in [0.1, 0.15) is 0 Å². The van der Waals surface area contributed by atoms with Crippen LogP contribution in [-0.4, -0.2) is 29.5 Å². The van der Waals surface area contributed by atoms with Crippen LogP contribution in [0.5, 0.6) is 0 Å². The summed E-state index contributed by atoms with van der Waals surface area (Å²) in [6, 6.07) is 6.24. The Morgan fingerprint density at radius 2 is 2.05 bits per heavy atom. The van der Waals surface area contributed by atoms with Gasteiger partial charge in [0.15, 0.2) is 0 Å². The first-order chi connectivity index (χ1) is 8.96. The monoisotopic (exact) mass is 263 g/mol. The van der Waals surface area contributed by atoms with Crippen LogP contribution in [0.25, 0.3) is 0 Å². The van der Waals surface area contributed by atoms with Gasteiger partial charge in [0.05, 0.1) is 5.69 Å². The lowest BCUT2D eigenvalue weighted by Crippen LogP contribution is -2.28. The van der Waals surface area contributed by atoms with E-state index in [4.69, 9.17) is 5.73 Å². The minimum absolute atomic E-state index is 0.265. The van der Waals surface area contributed by atoms with Gasteiger partial charge in [-0.25, -0.2) is 0 Å². The van der Waals surface area contributed by atoms with Crippen molar-refractivity contribution in [2.45, 2.75) is 47.1 Å². The quantitative estimate of drug-likeness (QED) is 0.784. The Morgan fingerprint density at radius 1 is 1.32 bits per heavy atom. The molecule has 0 aromatic carbocycles. The van der Waals surface area contributed by atoms with Crippen molar-refractivity contribution >= 4 is 0 Å². The standard InChI is InChI=1S/C16H29N3/c1-5-19(11-7-10-16(3,4)13-17)12-15-9-6-8-14(2)18-15/h6,8-9H,5,7,10-13,17H2,1-4H3. The van der Waals surface area contributed by atoms with E-state index in [1.807, 2.05) is 13.0 Å². The first kappa shape index (κ1) is 16.1. The fourth-order valence-electron chi connectivity index (χ4n) is 2.15. The van der Waals surface area contributed by atoms with Crippen LogP contribution in [0.15, 0.2) is 18.2 Å². The molecule has 0 aliphatic rings. The average molecular weight is 263 g/mol.